The zero-order valence-electron chi connectivity index (χ0n) is 13.2. The van der Waals surface area contributed by atoms with E-state index in [0.717, 1.165) is 32.7 Å². The van der Waals surface area contributed by atoms with Crippen LogP contribution in [0.25, 0.3) is 0 Å². The molecule has 3 heteroatoms. The third kappa shape index (κ3) is 2.87. The minimum Gasteiger partial charge on any atom is -0.379 e. The lowest BCUT2D eigenvalue weighted by atomic mass is 9.81. The molecule has 3 nitrogen and oxygen atoms in total. The van der Waals surface area contributed by atoms with Crippen LogP contribution in [0.2, 0.25) is 0 Å². The minimum atomic E-state index is 0.115. The van der Waals surface area contributed by atoms with Gasteiger partial charge in [-0.3, -0.25) is 4.90 Å². The molecule has 1 saturated carbocycles. The van der Waals surface area contributed by atoms with Gasteiger partial charge in [0.1, 0.15) is 0 Å². The van der Waals surface area contributed by atoms with Gasteiger partial charge in [0.05, 0.1) is 13.2 Å². The quantitative estimate of drug-likeness (QED) is 0.926. The zero-order valence-corrected chi connectivity index (χ0v) is 13.2. The van der Waals surface area contributed by atoms with Gasteiger partial charge in [-0.1, -0.05) is 44.0 Å². The van der Waals surface area contributed by atoms with Crippen molar-refractivity contribution in [3.05, 3.63) is 35.4 Å². The van der Waals surface area contributed by atoms with Crippen molar-refractivity contribution >= 4 is 0 Å². The standard InChI is InChI=1S/C18H28N2O/c1-2-15-6-5-7-16(14-15)17(19)18(8-3-4-9-18)20-10-12-21-13-11-20/h5-7,14,17H,2-4,8-13,19H2,1H3. The van der Waals surface area contributed by atoms with Crippen molar-refractivity contribution in [3.63, 3.8) is 0 Å². The van der Waals surface area contributed by atoms with Gasteiger partial charge in [0.15, 0.2) is 0 Å². The third-order valence-electron chi connectivity index (χ3n) is 5.41. The molecule has 1 unspecified atom stereocenters. The molecule has 1 atom stereocenters. The Morgan fingerprint density at radius 2 is 1.95 bits per heavy atom. The van der Waals surface area contributed by atoms with Crippen molar-refractivity contribution in [2.24, 2.45) is 5.73 Å². The monoisotopic (exact) mass is 288 g/mol. The Balaban J connectivity index is 1.88. The Hall–Kier alpha value is -0.900. The number of benzene rings is 1. The number of hydrogen-bond donors (Lipinski definition) is 1. The van der Waals surface area contributed by atoms with Gasteiger partial charge in [0, 0.05) is 24.7 Å². The van der Waals surface area contributed by atoms with Crippen LogP contribution < -0.4 is 5.73 Å². The summed E-state index contributed by atoms with van der Waals surface area (Å²) in [6.07, 6.45) is 6.14. The van der Waals surface area contributed by atoms with E-state index in [2.05, 4.69) is 36.1 Å². The fourth-order valence-corrected chi connectivity index (χ4v) is 4.14. The first-order valence-corrected chi connectivity index (χ1v) is 8.43. The van der Waals surface area contributed by atoms with Gasteiger partial charge in [-0.2, -0.15) is 0 Å². The number of nitrogens with zero attached hydrogens (tertiary/aromatic N) is 1. The molecular formula is C18H28N2O. The Bertz CT molecular complexity index is 462. The van der Waals surface area contributed by atoms with Crippen molar-refractivity contribution in [2.75, 3.05) is 26.3 Å². The first-order valence-electron chi connectivity index (χ1n) is 8.43. The van der Waals surface area contributed by atoms with E-state index in [1.54, 1.807) is 0 Å². The lowest BCUT2D eigenvalue weighted by molar-refractivity contribution is -0.0311. The first-order chi connectivity index (χ1) is 10.3. The highest BCUT2D eigenvalue weighted by atomic mass is 16.5. The second kappa shape index (κ2) is 6.47. The molecule has 0 radical (unpaired) electrons. The third-order valence-corrected chi connectivity index (χ3v) is 5.41. The molecule has 0 amide bonds. The molecule has 1 aromatic carbocycles. The molecule has 1 heterocycles. The molecule has 1 aliphatic heterocycles. The highest BCUT2D eigenvalue weighted by Crippen LogP contribution is 2.43. The summed E-state index contributed by atoms with van der Waals surface area (Å²) in [5.74, 6) is 0. The van der Waals surface area contributed by atoms with Gasteiger partial charge >= 0.3 is 0 Å². The Labute approximate surface area is 128 Å². The van der Waals surface area contributed by atoms with Crippen LogP contribution in [0.5, 0.6) is 0 Å². The summed E-state index contributed by atoms with van der Waals surface area (Å²) in [4.78, 5) is 2.62. The van der Waals surface area contributed by atoms with Gasteiger partial charge in [0.25, 0.3) is 0 Å². The Morgan fingerprint density at radius 1 is 1.24 bits per heavy atom. The van der Waals surface area contributed by atoms with Crippen LogP contribution in [-0.2, 0) is 11.2 Å². The zero-order chi connectivity index (χ0) is 14.7. The summed E-state index contributed by atoms with van der Waals surface area (Å²) >= 11 is 0. The van der Waals surface area contributed by atoms with Crippen LogP contribution in [0.15, 0.2) is 24.3 Å². The van der Waals surface area contributed by atoms with Gasteiger partial charge in [-0.05, 0) is 30.4 Å². The maximum atomic E-state index is 6.81. The van der Waals surface area contributed by atoms with Crippen molar-refractivity contribution in [2.45, 2.75) is 50.6 Å². The van der Waals surface area contributed by atoms with E-state index in [1.807, 2.05) is 0 Å². The van der Waals surface area contributed by atoms with E-state index >= 15 is 0 Å². The topological polar surface area (TPSA) is 38.5 Å². The lowest BCUT2D eigenvalue weighted by Crippen LogP contribution is -2.57. The first kappa shape index (κ1) is 15.0. The number of hydrogen-bond acceptors (Lipinski definition) is 3. The molecule has 0 aromatic heterocycles. The average molecular weight is 288 g/mol. The van der Waals surface area contributed by atoms with Crippen molar-refractivity contribution in [1.82, 2.24) is 4.90 Å². The smallest absolute Gasteiger partial charge is 0.0594 e. The average Bonchev–Trinajstić information content (AvgIpc) is 3.06. The number of rotatable bonds is 4. The summed E-state index contributed by atoms with van der Waals surface area (Å²) in [7, 11) is 0. The summed E-state index contributed by atoms with van der Waals surface area (Å²) < 4.78 is 5.54. The molecule has 1 aliphatic carbocycles. The predicted octanol–water partition coefficient (Wildman–Crippen LogP) is 2.89. The Morgan fingerprint density at radius 3 is 2.62 bits per heavy atom. The molecule has 1 aromatic rings. The maximum Gasteiger partial charge on any atom is 0.0594 e. The predicted molar refractivity (Wildman–Crippen MR) is 86.3 cm³/mol. The molecule has 21 heavy (non-hydrogen) atoms. The summed E-state index contributed by atoms with van der Waals surface area (Å²) in [6, 6.07) is 9.00. The molecule has 3 rings (SSSR count). The van der Waals surface area contributed by atoms with E-state index in [0.29, 0.717) is 0 Å². The molecule has 116 valence electrons. The second-order valence-electron chi connectivity index (χ2n) is 6.49. The summed E-state index contributed by atoms with van der Waals surface area (Å²) in [5, 5.41) is 0. The number of ether oxygens (including phenoxy) is 1. The molecule has 0 spiro atoms. The minimum absolute atomic E-state index is 0.115. The van der Waals surface area contributed by atoms with E-state index < -0.39 is 0 Å². The molecular weight excluding hydrogens is 260 g/mol. The maximum absolute atomic E-state index is 6.81. The van der Waals surface area contributed by atoms with Crippen LogP contribution >= 0.6 is 0 Å². The Kier molecular flexibility index (Phi) is 4.63. The molecule has 2 N–H and O–H groups in total. The van der Waals surface area contributed by atoms with Crippen molar-refractivity contribution in [3.8, 4) is 0 Å². The largest absolute Gasteiger partial charge is 0.379 e. The van der Waals surface area contributed by atoms with Gasteiger partial charge in [-0.25, -0.2) is 0 Å². The van der Waals surface area contributed by atoms with Crippen LogP contribution in [0, 0.1) is 0 Å². The second-order valence-corrected chi connectivity index (χ2v) is 6.49. The van der Waals surface area contributed by atoms with E-state index in [-0.39, 0.29) is 11.6 Å². The number of aryl methyl sites for hydroxylation is 1. The molecule has 1 saturated heterocycles. The highest BCUT2D eigenvalue weighted by Gasteiger charge is 2.45. The highest BCUT2D eigenvalue weighted by molar-refractivity contribution is 5.29. The lowest BCUT2D eigenvalue weighted by Gasteiger charge is -2.47. The van der Waals surface area contributed by atoms with Crippen LogP contribution in [0.4, 0.5) is 0 Å². The van der Waals surface area contributed by atoms with E-state index in [1.165, 1.54) is 36.8 Å². The van der Waals surface area contributed by atoms with E-state index in [4.69, 9.17) is 10.5 Å². The number of morpholine rings is 1. The fourth-order valence-electron chi connectivity index (χ4n) is 4.14. The van der Waals surface area contributed by atoms with E-state index in [9.17, 15) is 0 Å². The summed E-state index contributed by atoms with van der Waals surface area (Å²) in [6.45, 7) is 5.97. The van der Waals surface area contributed by atoms with Crippen LogP contribution in [-0.4, -0.2) is 36.7 Å². The van der Waals surface area contributed by atoms with Crippen molar-refractivity contribution < 1.29 is 4.74 Å². The van der Waals surface area contributed by atoms with Gasteiger partial charge in [-0.15, -0.1) is 0 Å². The molecule has 2 fully saturated rings. The molecule has 0 bridgehead atoms. The number of nitrogens with two attached hydrogens (primary N) is 1. The van der Waals surface area contributed by atoms with Crippen molar-refractivity contribution in [1.29, 1.82) is 0 Å². The normalized spacial score (nSPS) is 24.1. The SMILES string of the molecule is CCc1cccc(C(N)C2(N3CCOCC3)CCCC2)c1. The van der Waals surface area contributed by atoms with Gasteiger partial charge in [0.2, 0.25) is 0 Å². The molecule has 2 aliphatic rings. The van der Waals surface area contributed by atoms with Gasteiger partial charge < -0.3 is 10.5 Å². The fraction of sp³-hybridized carbons (Fsp3) is 0.667. The van der Waals surface area contributed by atoms with Crippen LogP contribution in [0.1, 0.15) is 49.8 Å². The summed E-state index contributed by atoms with van der Waals surface area (Å²) in [5.41, 5.74) is 9.65. The van der Waals surface area contributed by atoms with Crippen LogP contribution in [0.3, 0.4) is 0 Å².